The first-order valence-electron chi connectivity index (χ1n) is 4.47. The van der Waals surface area contributed by atoms with Crippen LogP contribution in [-0.2, 0) is 0 Å². The summed E-state index contributed by atoms with van der Waals surface area (Å²) in [6.45, 7) is 9.78. The van der Waals surface area contributed by atoms with Crippen molar-refractivity contribution in [3.8, 4) is 0 Å². The number of allylic oxidation sites excluding steroid dienone is 4. The molecule has 13 heavy (non-hydrogen) atoms. The Labute approximate surface area is 80.8 Å². The van der Waals surface area contributed by atoms with Crippen LogP contribution < -0.4 is 5.32 Å². The Hall–Kier alpha value is -1.31. The van der Waals surface area contributed by atoms with E-state index in [4.69, 9.17) is 0 Å². The molecule has 0 aliphatic heterocycles. The predicted molar refractivity (Wildman–Crippen MR) is 59.6 cm³/mol. The second kappa shape index (κ2) is 7.35. The molecule has 0 atom stereocenters. The van der Waals surface area contributed by atoms with Crippen molar-refractivity contribution in [1.82, 2.24) is 5.32 Å². The number of aliphatic imine (C=N–C) groups is 1. The van der Waals surface area contributed by atoms with Crippen molar-refractivity contribution in [2.75, 3.05) is 0 Å². The molecule has 0 aliphatic rings. The Morgan fingerprint density at radius 1 is 1.54 bits per heavy atom. The van der Waals surface area contributed by atoms with Gasteiger partial charge in [-0.3, -0.25) is 4.99 Å². The maximum Gasteiger partial charge on any atom is 0.0532 e. The fourth-order valence-corrected chi connectivity index (χ4v) is 0.593. The Balaban J connectivity index is 3.95. The van der Waals surface area contributed by atoms with Gasteiger partial charge in [0.25, 0.3) is 0 Å². The standard InChI is InChI=1S/C11H18N2/c1-5-7-8-12-11(4)9-13-10(3)6-2/h5,7-9,13H,3,6H2,1-2,4H3/b7-5-,11-9+,12-8+. The number of hydrogen-bond donors (Lipinski definition) is 1. The highest BCUT2D eigenvalue weighted by molar-refractivity contribution is 5.71. The minimum atomic E-state index is 0.933. The Bertz CT molecular complexity index is 234. The van der Waals surface area contributed by atoms with Gasteiger partial charge in [0.2, 0.25) is 0 Å². The molecule has 0 rings (SSSR count). The zero-order valence-corrected chi connectivity index (χ0v) is 8.67. The van der Waals surface area contributed by atoms with Crippen molar-refractivity contribution in [2.24, 2.45) is 4.99 Å². The lowest BCUT2D eigenvalue weighted by Crippen LogP contribution is -2.02. The third-order valence-corrected chi connectivity index (χ3v) is 1.47. The zero-order chi connectivity index (χ0) is 10.1. The summed E-state index contributed by atoms with van der Waals surface area (Å²) in [4.78, 5) is 4.17. The van der Waals surface area contributed by atoms with E-state index >= 15 is 0 Å². The van der Waals surface area contributed by atoms with E-state index in [1.54, 1.807) is 6.21 Å². The third kappa shape index (κ3) is 7.06. The number of rotatable bonds is 5. The summed E-state index contributed by atoms with van der Waals surface area (Å²) in [5.74, 6) is 0. The van der Waals surface area contributed by atoms with Crippen LogP contribution in [0.3, 0.4) is 0 Å². The summed E-state index contributed by atoms with van der Waals surface area (Å²) in [6, 6.07) is 0. The quantitative estimate of drug-likeness (QED) is 0.643. The maximum absolute atomic E-state index is 4.17. The van der Waals surface area contributed by atoms with E-state index in [0.717, 1.165) is 17.8 Å². The van der Waals surface area contributed by atoms with Crippen molar-refractivity contribution in [3.05, 3.63) is 36.3 Å². The minimum absolute atomic E-state index is 0.933. The van der Waals surface area contributed by atoms with Gasteiger partial charge in [0.1, 0.15) is 0 Å². The fourth-order valence-electron chi connectivity index (χ4n) is 0.593. The first-order chi connectivity index (χ1) is 6.20. The van der Waals surface area contributed by atoms with Gasteiger partial charge in [-0.25, -0.2) is 0 Å². The maximum atomic E-state index is 4.17. The van der Waals surface area contributed by atoms with E-state index in [1.165, 1.54) is 0 Å². The molecule has 0 aromatic carbocycles. The third-order valence-electron chi connectivity index (χ3n) is 1.47. The molecule has 0 radical (unpaired) electrons. The summed E-state index contributed by atoms with van der Waals surface area (Å²) in [5, 5.41) is 3.06. The second-order valence-electron chi connectivity index (χ2n) is 2.69. The predicted octanol–water partition coefficient (Wildman–Crippen LogP) is 3.01. The van der Waals surface area contributed by atoms with Gasteiger partial charge in [0.05, 0.1) is 5.70 Å². The van der Waals surface area contributed by atoms with Crippen molar-refractivity contribution in [1.29, 1.82) is 0 Å². The average molecular weight is 178 g/mol. The van der Waals surface area contributed by atoms with Gasteiger partial charge in [0, 0.05) is 18.1 Å². The van der Waals surface area contributed by atoms with Crippen LogP contribution in [0.2, 0.25) is 0 Å². The number of hydrogen-bond acceptors (Lipinski definition) is 2. The molecule has 0 aromatic heterocycles. The monoisotopic (exact) mass is 178 g/mol. The molecular formula is C11H18N2. The molecule has 0 aromatic rings. The van der Waals surface area contributed by atoms with E-state index in [0.29, 0.717) is 0 Å². The van der Waals surface area contributed by atoms with Crippen molar-refractivity contribution < 1.29 is 0 Å². The molecule has 72 valence electrons. The normalized spacial score (nSPS) is 12.7. The molecule has 0 fully saturated rings. The number of nitrogens with one attached hydrogen (secondary N) is 1. The van der Waals surface area contributed by atoms with Crippen LogP contribution in [0.15, 0.2) is 41.3 Å². The molecule has 0 bridgehead atoms. The lowest BCUT2D eigenvalue weighted by atomic mass is 10.4. The van der Waals surface area contributed by atoms with Crippen LogP contribution in [-0.4, -0.2) is 6.21 Å². The molecule has 1 N–H and O–H groups in total. The largest absolute Gasteiger partial charge is 0.364 e. The lowest BCUT2D eigenvalue weighted by Gasteiger charge is -2.00. The molecule has 0 amide bonds. The molecule has 0 unspecified atom stereocenters. The summed E-state index contributed by atoms with van der Waals surface area (Å²) < 4.78 is 0. The zero-order valence-electron chi connectivity index (χ0n) is 8.67. The molecule has 0 heterocycles. The van der Waals surface area contributed by atoms with E-state index in [1.807, 2.05) is 32.2 Å². The van der Waals surface area contributed by atoms with Crippen LogP contribution in [0, 0.1) is 0 Å². The van der Waals surface area contributed by atoms with Crippen molar-refractivity contribution >= 4 is 6.21 Å². The molecule has 0 aliphatic carbocycles. The fraction of sp³-hybridized carbons (Fsp3) is 0.364. The summed E-state index contributed by atoms with van der Waals surface area (Å²) in [5.41, 5.74) is 1.94. The average Bonchev–Trinajstić information content (AvgIpc) is 2.14. The Morgan fingerprint density at radius 3 is 2.77 bits per heavy atom. The van der Waals surface area contributed by atoms with Gasteiger partial charge in [-0.2, -0.15) is 0 Å². The summed E-state index contributed by atoms with van der Waals surface area (Å²) >= 11 is 0. The molecule has 2 heteroatoms. The minimum Gasteiger partial charge on any atom is -0.364 e. The lowest BCUT2D eigenvalue weighted by molar-refractivity contribution is 0.940. The Kier molecular flexibility index (Phi) is 6.60. The number of nitrogens with zero attached hydrogens (tertiary/aromatic N) is 1. The van der Waals surface area contributed by atoms with E-state index in [9.17, 15) is 0 Å². The van der Waals surface area contributed by atoms with E-state index in [-0.39, 0.29) is 0 Å². The smallest absolute Gasteiger partial charge is 0.0532 e. The second-order valence-corrected chi connectivity index (χ2v) is 2.69. The molecular weight excluding hydrogens is 160 g/mol. The van der Waals surface area contributed by atoms with Crippen LogP contribution in [0.5, 0.6) is 0 Å². The van der Waals surface area contributed by atoms with Gasteiger partial charge < -0.3 is 5.32 Å². The van der Waals surface area contributed by atoms with Crippen LogP contribution in [0.25, 0.3) is 0 Å². The van der Waals surface area contributed by atoms with Gasteiger partial charge >= 0.3 is 0 Å². The van der Waals surface area contributed by atoms with Gasteiger partial charge in [-0.05, 0) is 26.3 Å². The van der Waals surface area contributed by atoms with Crippen molar-refractivity contribution in [3.63, 3.8) is 0 Å². The summed E-state index contributed by atoms with van der Waals surface area (Å²) in [7, 11) is 0. The van der Waals surface area contributed by atoms with E-state index < -0.39 is 0 Å². The van der Waals surface area contributed by atoms with Crippen LogP contribution in [0.1, 0.15) is 27.2 Å². The highest BCUT2D eigenvalue weighted by Gasteiger charge is 1.84. The van der Waals surface area contributed by atoms with Crippen LogP contribution >= 0.6 is 0 Å². The van der Waals surface area contributed by atoms with Gasteiger partial charge in [-0.15, -0.1) is 0 Å². The van der Waals surface area contributed by atoms with Crippen LogP contribution in [0.4, 0.5) is 0 Å². The van der Waals surface area contributed by atoms with Gasteiger partial charge in [-0.1, -0.05) is 19.6 Å². The summed E-state index contributed by atoms with van der Waals surface area (Å²) in [6.07, 6.45) is 8.39. The first kappa shape index (κ1) is 11.7. The SMILES string of the molecule is C=C(CC)N/C=C(C)/N=C/C=C\C. The molecule has 2 nitrogen and oxygen atoms in total. The molecule has 0 saturated heterocycles. The first-order valence-corrected chi connectivity index (χ1v) is 4.47. The highest BCUT2D eigenvalue weighted by Crippen LogP contribution is 1.95. The van der Waals surface area contributed by atoms with E-state index in [2.05, 4.69) is 23.8 Å². The topological polar surface area (TPSA) is 24.4 Å². The molecule has 0 spiro atoms. The highest BCUT2D eigenvalue weighted by atomic mass is 14.9. The Morgan fingerprint density at radius 2 is 2.23 bits per heavy atom. The molecule has 0 saturated carbocycles. The van der Waals surface area contributed by atoms with Crippen molar-refractivity contribution in [2.45, 2.75) is 27.2 Å². The van der Waals surface area contributed by atoms with Gasteiger partial charge in [0.15, 0.2) is 0 Å².